The summed E-state index contributed by atoms with van der Waals surface area (Å²) >= 11 is 13.9. The number of aromatic amines is 1. The first-order valence-electron chi connectivity index (χ1n) is 8.85. The Morgan fingerprint density at radius 2 is 1.87 bits per heavy atom. The number of benzene rings is 2. The normalized spacial score (nSPS) is 11.7. The quantitative estimate of drug-likeness (QED) is 0.270. The van der Waals surface area contributed by atoms with Crippen molar-refractivity contribution in [1.82, 2.24) is 4.98 Å². The van der Waals surface area contributed by atoms with Gasteiger partial charge in [-0.25, -0.2) is 0 Å². The lowest BCUT2D eigenvalue weighted by atomic mass is 10.0. The molecule has 0 unspecified atom stereocenters. The molecule has 1 heterocycles. The summed E-state index contributed by atoms with van der Waals surface area (Å²) in [5, 5.41) is 18.5. The molecule has 0 fully saturated rings. The van der Waals surface area contributed by atoms with Gasteiger partial charge in [0.25, 0.3) is 0 Å². The molecule has 3 aromatic rings. The van der Waals surface area contributed by atoms with Gasteiger partial charge in [0, 0.05) is 18.8 Å². The van der Waals surface area contributed by atoms with Crippen LogP contribution in [0.5, 0.6) is 11.6 Å². The number of nitrogens with zero attached hydrogens (tertiary/aromatic N) is 2. The van der Waals surface area contributed by atoms with Crippen molar-refractivity contribution in [2.24, 2.45) is 10.2 Å². The van der Waals surface area contributed by atoms with Crippen LogP contribution in [-0.4, -0.2) is 22.6 Å². The van der Waals surface area contributed by atoms with Crippen molar-refractivity contribution in [3.8, 4) is 11.6 Å². The molecule has 0 saturated carbocycles. The van der Waals surface area contributed by atoms with E-state index in [1.165, 1.54) is 0 Å². The molecular weight excluding hydrogens is 650 g/mol. The number of fused-ring (bicyclic) bond motifs is 1. The van der Waals surface area contributed by atoms with Crippen LogP contribution in [-0.2, 0) is 4.79 Å². The zero-order chi connectivity index (χ0) is 22.2. The average Bonchev–Trinajstić information content (AvgIpc) is 2.99. The van der Waals surface area contributed by atoms with E-state index in [-0.39, 0.29) is 24.1 Å². The van der Waals surface area contributed by atoms with Crippen molar-refractivity contribution in [3.05, 3.63) is 47.2 Å². The number of H-pyrrole nitrogens is 1. The standard InChI is InChI=1S/C20H17Br4N3O3/c1-8(2)11-6-13(22)9(3)16(24)19(11)30-7-15(28)26-27-18-12-4-10(21)5-14(23)17(12)25-20(18)29/h4-6,8,25,29H,7H2,1-3H3. The third-order valence-corrected chi connectivity index (χ3v) is 7.29. The highest BCUT2D eigenvalue weighted by Crippen LogP contribution is 2.41. The van der Waals surface area contributed by atoms with Gasteiger partial charge < -0.3 is 14.8 Å². The Bertz CT molecular complexity index is 1170. The number of carbonyl (C=O) groups excluding carboxylic acids is 1. The molecule has 3 rings (SSSR count). The molecule has 1 aromatic heterocycles. The summed E-state index contributed by atoms with van der Waals surface area (Å²) in [4.78, 5) is 15.1. The highest BCUT2D eigenvalue weighted by atomic mass is 79.9. The highest BCUT2D eigenvalue weighted by Gasteiger charge is 2.18. The molecule has 0 atom stereocenters. The third-order valence-electron chi connectivity index (χ3n) is 4.43. The largest absolute Gasteiger partial charge is 0.493 e. The second-order valence-corrected chi connectivity index (χ2v) is 10.3. The predicted molar refractivity (Wildman–Crippen MR) is 131 cm³/mol. The average molecular weight is 667 g/mol. The number of aromatic nitrogens is 1. The van der Waals surface area contributed by atoms with Gasteiger partial charge >= 0.3 is 5.91 Å². The van der Waals surface area contributed by atoms with Gasteiger partial charge in [-0.2, -0.15) is 0 Å². The Kier molecular flexibility index (Phi) is 7.42. The zero-order valence-corrected chi connectivity index (χ0v) is 22.5. The van der Waals surface area contributed by atoms with Gasteiger partial charge in [-0.3, -0.25) is 4.79 Å². The highest BCUT2D eigenvalue weighted by molar-refractivity contribution is 9.11. The predicted octanol–water partition coefficient (Wildman–Crippen LogP) is 8.04. The van der Waals surface area contributed by atoms with E-state index in [9.17, 15) is 9.90 Å². The summed E-state index contributed by atoms with van der Waals surface area (Å²) in [6.07, 6.45) is 0. The lowest BCUT2D eigenvalue weighted by molar-refractivity contribution is -0.120. The number of carbonyl (C=O) groups is 1. The fourth-order valence-corrected chi connectivity index (χ4v) is 5.44. The Labute approximate surface area is 207 Å². The van der Waals surface area contributed by atoms with Gasteiger partial charge in [-0.15, -0.1) is 10.2 Å². The Morgan fingerprint density at radius 3 is 2.53 bits per heavy atom. The molecule has 0 aliphatic carbocycles. The van der Waals surface area contributed by atoms with E-state index < -0.39 is 5.91 Å². The molecule has 158 valence electrons. The number of hydrogen-bond donors (Lipinski definition) is 2. The Balaban J connectivity index is 1.83. The lowest BCUT2D eigenvalue weighted by Crippen LogP contribution is -2.10. The molecule has 0 radical (unpaired) electrons. The zero-order valence-electron chi connectivity index (χ0n) is 16.2. The second kappa shape index (κ2) is 9.50. The molecule has 10 heteroatoms. The minimum atomic E-state index is -0.569. The van der Waals surface area contributed by atoms with E-state index in [2.05, 4.69) is 78.9 Å². The second-order valence-electron chi connectivity index (χ2n) is 6.89. The molecule has 0 bridgehead atoms. The minimum absolute atomic E-state index is 0.172. The summed E-state index contributed by atoms with van der Waals surface area (Å²) in [6.45, 7) is 5.77. The van der Waals surface area contributed by atoms with Gasteiger partial charge in [-0.1, -0.05) is 45.7 Å². The number of rotatable bonds is 5. The van der Waals surface area contributed by atoms with Crippen LogP contribution in [0.4, 0.5) is 5.69 Å². The topological polar surface area (TPSA) is 87.0 Å². The third kappa shape index (κ3) is 4.81. The van der Waals surface area contributed by atoms with E-state index in [0.29, 0.717) is 16.7 Å². The summed E-state index contributed by atoms with van der Waals surface area (Å²) in [5.74, 6) is 0.0664. The van der Waals surface area contributed by atoms with Crippen molar-refractivity contribution >= 4 is 86.2 Å². The van der Waals surface area contributed by atoms with Crippen LogP contribution in [0, 0.1) is 6.92 Å². The van der Waals surface area contributed by atoms with E-state index in [4.69, 9.17) is 4.74 Å². The van der Waals surface area contributed by atoms with Crippen LogP contribution in [0.1, 0.15) is 30.9 Å². The molecule has 0 aliphatic rings. The molecule has 0 aliphatic heterocycles. The maximum atomic E-state index is 12.3. The van der Waals surface area contributed by atoms with Gasteiger partial charge in [0.1, 0.15) is 5.75 Å². The van der Waals surface area contributed by atoms with Crippen LogP contribution in [0.25, 0.3) is 10.9 Å². The molecule has 2 N–H and O–H groups in total. The number of azo groups is 1. The summed E-state index contributed by atoms with van der Waals surface area (Å²) in [7, 11) is 0. The number of nitrogens with one attached hydrogen (secondary N) is 1. The summed E-state index contributed by atoms with van der Waals surface area (Å²) < 4.78 is 9.08. The van der Waals surface area contributed by atoms with Gasteiger partial charge in [0.05, 0.1) is 9.99 Å². The first-order chi connectivity index (χ1) is 14.1. The van der Waals surface area contributed by atoms with E-state index >= 15 is 0 Å². The van der Waals surface area contributed by atoms with Crippen LogP contribution in [0.3, 0.4) is 0 Å². The number of hydrogen-bond acceptors (Lipinski definition) is 4. The molecule has 6 nitrogen and oxygen atoms in total. The number of amides is 1. The maximum Gasteiger partial charge on any atom is 0.302 e. The SMILES string of the molecule is Cc1c(Br)cc(C(C)C)c(OCC(=O)N=Nc2c(O)[nH]c3c(Br)cc(Br)cc23)c1Br. The smallest absolute Gasteiger partial charge is 0.302 e. The summed E-state index contributed by atoms with van der Waals surface area (Å²) in [6, 6.07) is 5.61. The fraction of sp³-hybridized carbons (Fsp3) is 0.250. The fourth-order valence-electron chi connectivity index (χ4n) is 2.85. The number of halogens is 4. The van der Waals surface area contributed by atoms with Crippen molar-refractivity contribution in [3.63, 3.8) is 0 Å². The van der Waals surface area contributed by atoms with Crippen molar-refractivity contribution < 1.29 is 14.6 Å². The minimum Gasteiger partial charge on any atom is -0.493 e. The number of ether oxygens (including phenoxy) is 1. The van der Waals surface area contributed by atoms with Crippen molar-refractivity contribution in [1.29, 1.82) is 0 Å². The Hall–Kier alpha value is -1.23. The monoisotopic (exact) mass is 663 g/mol. The maximum absolute atomic E-state index is 12.3. The molecule has 30 heavy (non-hydrogen) atoms. The first kappa shape index (κ1) is 23.4. The van der Waals surface area contributed by atoms with Crippen molar-refractivity contribution in [2.75, 3.05) is 6.61 Å². The molecular formula is C20H17Br4N3O3. The van der Waals surface area contributed by atoms with Crippen LogP contribution >= 0.6 is 63.7 Å². The lowest BCUT2D eigenvalue weighted by Gasteiger charge is -2.17. The molecule has 0 saturated heterocycles. The van der Waals surface area contributed by atoms with Gasteiger partial charge in [0.15, 0.2) is 12.3 Å². The molecule has 0 spiro atoms. The number of aromatic hydroxyl groups is 1. The molecule has 2 aromatic carbocycles. The van der Waals surface area contributed by atoms with Gasteiger partial charge in [-0.05, 0) is 74.0 Å². The van der Waals surface area contributed by atoms with E-state index in [0.717, 1.165) is 29.0 Å². The van der Waals surface area contributed by atoms with Crippen molar-refractivity contribution in [2.45, 2.75) is 26.7 Å². The van der Waals surface area contributed by atoms with Gasteiger partial charge in [0.2, 0.25) is 5.88 Å². The van der Waals surface area contributed by atoms with Crippen LogP contribution in [0.15, 0.2) is 46.3 Å². The first-order valence-corrected chi connectivity index (χ1v) is 12.0. The Morgan fingerprint density at radius 1 is 1.17 bits per heavy atom. The molecule has 1 amide bonds. The van der Waals surface area contributed by atoms with E-state index in [1.54, 1.807) is 6.07 Å². The summed E-state index contributed by atoms with van der Waals surface area (Å²) in [5.41, 5.74) is 2.78. The van der Waals surface area contributed by atoms with Crippen LogP contribution in [0.2, 0.25) is 0 Å². The van der Waals surface area contributed by atoms with E-state index in [1.807, 2.05) is 32.9 Å². The van der Waals surface area contributed by atoms with Crippen LogP contribution < -0.4 is 4.74 Å².